The van der Waals surface area contributed by atoms with Crippen LogP contribution in [-0.4, -0.2) is 16.7 Å². The van der Waals surface area contributed by atoms with Gasteiger partial charge in [0.15, 0.2) is 0 Å². The Balaban J connectivity index is 0.00000256. The van der Waals surface area contributed by atoms with Crippen molar-refractivity contribution in [2.45, 2.75) is 0 Å². The third kappa shape index (κ3) is 8.56. The summed E-state index contributed by atoms with van der Waals surface area (Å²) in [5, 5.41) is 8.24. The number of benzene rings is 1. The first-order chi connectivity index (χ1) is 7.72. The molecule has 84 valence electrons. The van der Waals surface area contributed by atoms with Crippen LogP contribution in [0.4, 0.5) is 0 Å². The first-order valence-corrected chi connectivity index (χ1v) is 6.56. The molecule has 17 heavy (non-hydrogen) atoms. The largest absolute Gasteiger partial charge is 1.00 e. The van der Waals surface area contributed by atoms with Crippen molar-refractivity contribution in [1.29, 1.82) is 5.26 Å². The minimum Gasteiger partial charge on any atom is -0.752 e. The van der Waals surface area contributed by atoms with Crippen LogP contribution in [0.3, 0.4) is 0 Å². The Hall–Kier alpha value is 0.866. The second-order valence-corrected chi connectivity index (χ2v) is 5.27. The second kappa shape index (κ2) is 10.8. The molecule has 0 saturated carbocycles. The van der Waals surface area contributed by atoms with Gasteiger partial charge in [-0.2, -0.15) is 10.3 Å². The van der Waals surface area contributed by atoms with Gasteiger partial charge in [-0.05, 0) is 28.6 Å². The van der Waals surface area contributed by atoms with Gasteiger partial charge in [-0.25, -0.2) is 0 Å². The van der Waals surface area contributed by atoms with Gasteiger partial charge in [-0.3, -0.25) is 0 Å². The number of hydrogen-bond donors (Lipinski definition) is 0. The Morgan fingerprint density at radius 3 is 2.71 bits per heavy atom. The molecule has 7 heteroatoms. The van der Waals surface area contributed by atoms with Crippen molar-refractivity contribution < 1.29 is 56.1 Å². The molecule has 0 spiro atoms. The zero-order valence-electron chi connectivity index (χ0n) is 9.22. The van der Waals surface area contributed by atoms with E-state index >= 15 is 0 Å². The van der Waals surface area contributed by atoms with E-state index in [2.05, 4.69) is 20.9 Å². The van der Waals surface area contributed by atoms with Crippen LogP contribution >= 0.6 is 27.7 Å². The van der Waals surface area contributed by atoms with Crippen molar-refractivity contribution in [2.24, 2.45) is 4.99 Å². The van der Waals surface area contributed by atoms with Gasteiger partial charge in [-0.15, -0.1) is 11.8 Å². The van der Waals surface area contributed by atoms with E-state index in [1.165, 1.54) is 11.8 Å². The molecule has 0 saturated heterocycles. The molecule has 1 rings (SSSR count). The molecular formula is C10H8BrKN2OS2. The van der Waals surface area contributed by atoms with Crippen LogP contribution in [0.15, 0.2) is 33.7 Å². The third-order valence-electron chi connectivity index (χ3n) is 1.53. The Bertz CT molecular complexity index is 406. The first-order valence-electron chi connectivity index (χ1n) is 4.37. The number of halogens is 1. The molecule has 3 nitrogen and oxygen atoms in total. The van der Waals surface area contributed by atoms with Crippen molar-refractivity contribution >= 4 is 44.7 Å². The standard InChI is InChI=1S/C10H9BrN2OS2.K/c11-8-1-3-9(4-2-8)14-5-6-16-10(15)13-7-12;/h1-4H,5-6H2,(H,13,15);/q;+1/p-1. The average molecular weight is 355 g/mol. The van der Waals surface area contributed by atoms with E-state index in [-0.39, 0.29) is 51.4 Å². The number of nitrogens with zero attached hydrogens (tertiary/aromatic N) is 2. The first kappa shape index (κ1) is 17.9. The van der Waals surface area contributed by atoms with Crippen molar-refractivity contribution in [3.05, 3.63) is 28.7 Å². The molecule has 0 bridgehead atoms. The van der Waals surface area contributed by atoms with Gasteiger partial charge >= 0.3 is 51.4 Å². The second-order valence-electron chi connectivity index (χ2n) is 2.63. The summed E-state index contributed by atoms with van der Waals surface area (Å²) >= 11 is 9.49. The fourth-order valence-corrected chi connectivity index (χ4v) is 1.89. The van der Waals surface area contributed by atoms with E-state index in [1.54, 1.807) is 6.19 Å². The number of ether oxygens (including phenoxy) is 1. The van der Waals surface area contributed by atoms with Crippen LogP contribution in [0.25, 0.3) is 0 Å². The van der Waals surface area contributed by atoms with E-state index in [9.17, 15) is 0 Å². The Morgan fingerprint density at radius 2 is 2.12 bits per heavy atom. The molecule has 0 aromatic heterocycles. The predicted molar refractivity (Wildman–Crippen MR) is 72.5 cm³/mol. The zero-order valence-corrected chi connectivity index (χ0v) is 15.6. The molecule has 0 radical (unpaired) electrons. The van der Waals surface area contributed by atoms with E-state index in [1.807, 2.05) is 24.3 Å². The van der Waals surface area contributed by atoms with Crippen LogP contribution in [0.2, 0.25) is 0 Å². The summed E-state index contributed by atoms with van der Waals surface area (Å²) in [6.45, 7) is 0.535. The summed E-state index contributed by atoms with van der Waals surface area (Å²) in [6.07, 6.45) is 1.65. The van der Waals surface area contributed by atoms with Crippen molar-refractivity contribution in [1.82, 2.24) is 0 Å². The predicted octanol–water partition coefficient (Wildman–Crippen LogP) is -0.0509. The average Bonchev–Trinajstić information content (AvgIpc) is 2.27. The van der Waals surface area contributed by atoms with Gasteiger partial charge < -0.3 is 17.4 Å². The number of thioether (sulfide) groups is 1. The van der Waals surface area contributed by atoms with Crippen molar-refractivity contribution in [3.8, 4) is 11.9 Å². The maximum Gasteiger partial charge on any atom is 1.00 e. The van der Waals surface area contributed by atoms with Crippen LogP contribution in [0.1, 0.15) is 0 Å². The zero-order chi connectivity index (χ0) is 11.8. The quantitative estimate of drug-likeness (QED) is 0.190. The smallest absolute Gasteiger partial charge is 0.752 e. The Labute approximate surface area is 161 Å². The third-order valence-corrected chi connectivity index (χ3v) is 3.22. The summed E-state index contributed by atoms with van der Waals surface area (Å²) in [6, 6.07) is 7.59. The molecule has 0 unspecified atom stereocenters. The van der Waals surface area contributed by atoms with Crippen LogP contribution < -0.4 is 56.1 Å². The van der Waals surface area contributed by atoms with E-state index in [0.29, 0.717) is 16.7 Å². The van der Waals surface area contributed by atoms with Crippen LogP contribution in [0, 0.1) is 11.5 Å². The number of aliphatic imine (C=N–C) groups is 1. The summed E-state index contributed by atoms with van der Waals surface area (Å²) in [7, 11) is 0. The minimum atomic E-state index is 0. The molecule has 1 aromatic carbocycles. The summed E-state index contributed by atoms with van der Waals surface area (Å²) in [5.41, 5.74) is 0. The maximum absolute atomic E-state index is 8.24. The summed E-state index contributed by atoms with van der Waals surface area (Å²) in [5.74, 6) is 1.49. The van der Waals surface area contributed by atoms with Gasteiger partial charge in [0, 0.05) is 10.2 Å². The van der Waals surface area contributed by atoms with Crippen LogP contribution in [0.5, 0.6) is 5.75 Å². The topological polar surface area (TPSA) is 45.4 Å². The van der Waals surface area contributed by atoms with Crippen LogP contribution in [-0.2, 0) is 12.6 Å². The molecule has 0 aliphatic heterocycles. The summed E-state index contributed by atoms with van der Waals surface area (Å²) < 4.78 is 6.83. The van der Waals surface area contributed by atoms with Gasteiger partial charge in [0.25, 0.3) is 0 Å². The molecule has 1 aromatic rings. The fourth-order valence-electron chi connectivity index (χ4n) is 0.892. The maximum atomic E-state index is 8.24. The van der Waals surface area contributed by atoms with Crippen molar-refractivity contribution in [3.63, 3.8) is 0 Å². The van der Waals surface area contributed by atoms with Gasteiger partial charge in [0.2, 0.25) is 6.19 Å². The SMILES string of the molecule is N#CN=C([S-])SCCOc1ccc(Br)cc1.[K+]. The van der Waals surface area contributed by atoms with E-state index in [0.717, 1.165) is 10.2 Å². The molecule has 0 aliphatic carbocycles. The van der Waals surface area contributed by atoms with Gasteiger partial charge in [0.05, 0.1) is 6.61 Å². The molecule has 0 atom stereocenters. The number of nitriles is 1. The molecule has 0 heterocycles. The number of rotatable bonds is 4. The molecular weight excluding hydrogens is 347 g/mol. The normalized spacial score (nSPS) is 10.2. The van der Waals surface area contributed by atoms with E-state index < -0.39 is 0 Å². The Morgan fingerprint density at radius 1 is 1.47 bits per heavy atom. The van der Waals surface area contributed by atoms with Gasteiger partial charge in [-0.1, -0.05) is 15.9 Å². The summed E-state index contributed by atoms with van der Waals surface area (Å²) in [4.78, 5) is 3.42. The molecule has 0 N–H and O–H groups in total. The molecule has 0 aliphatic rings. The Kier molecular flexibility index (Phi) is 11.3. The fraction of sp³-hybridized carbons (Fsp3) is 0.200. The van der Waals surface area contributed by atoms with Gasteiger partial charge in [0.1, 0.15) is 5.75 Å². The van der Waals surface area contributed by atoms with E-state index in [4.69, 9.17) is 22.6 Å². The van der Waals surface area contributed by atoms with Crippen molar-refractivity contribution in [2.75, 3.05) is 12.4 Å². The molecule has 0 amide bonds. The minimum absolute atomic E-state index is 0. The monoisotopic (exact) mass is 354 g/mol. The molecule has 0 fully saturated rings. The number of hydrogen-bond acceptors (Lipinski definition) is 5.